The zero-order valence-electron chi connectivity index (χ0n) is 19.1. The highest BCUT2D eigenvalue weighted by molar-refractivity contribution is 5.99. The summed E-state index contributed by atoms with van der Waals surface area (Å²) in [5.41, 5.74) is 1.14. The number of terminal acetylenes is 1. The van der Waals surface area contributed by atoms with Gasteiger partial charge in [0.15, 0.2) is 0 Å². The molecule has 1 heterocycles. The van der Waals surface area contributed by atoms with E-state index < -0.39 is 5.97 Å². The Morgan fingerprint density at radius 2 is 1.79 bits per heavy atom. The van der Waals surface area contributed by atoms with Gasteiger partial charge in [0.05, 0.1) is 5.56 Å². The number of carbonyl (C=O) groups is 1. The van der Waals surface area contributed by atoms with Gasteiger partial charge in [0.25, 0.3) is 0 Å². The van der Waals surface area contributed by atoms with Gasteiger partial charge in [-0.3, -0.25) is 0 Å². The lowest BCUT2D eigenvalue weighted by molar-refractivity contribution is 0.0694. The van der Waals surface area contributed by atoms with Crippen molar-refractivity contribution in [2.45, 2.75) is 61.8 Å². The average molecular weight is 401 g/mol. The van der Waals surface area contributed by atoms with Gasteiger partial charge in [0, 0.05) is 17.0 Å². The van der Waals surface area contributed by atoms with Crippen molar-refractivity contribution < 1.29 is 19.4 Å². The number of furan rings is 1. The number of allylic oxidation sites excluding steroid dienone is 3. The largest absolute Gasteiger partial charge is 0.507 e. The van der Waals surface area contributed by atoms with E-state index in [0.29, 0.717) is 33.8 Å². The molecule has 29 heavy (non-hydrogen) atoms. The molecule has 0 amide bonds. The van der Waals surface area contributed by atoms with Crippen LogP contribution in [-0.2, 0) is 0 Å². The SMILES string of the molecule is C#Cc1c(C(=C)/C=C\C(C)CC)oc2cc(O)c(C(=O)O)cc12.CC.CC.CC. The predicted molar refractivity (Wildman–Crippen MR) is 124 cm³/mol. The first-order valence-electron chi connectivity index (χ1n) is 10.3. The Kier molecular flexibility index (Phi) is 14.7. The summed E-state index contributed by atoms with van der Waals surface area (Å²) in [6, 6.07) is 2.58. The molecule has 1 atom stereocenters. The van der Waals surface area contributed by atoms with Gasteiger partial charge in [-0.1, -0.05) is 86.5 Å². The molecule has 0 aliphatic rings. The number of aromatic carboxylic acids is 1. The molecular formula is C25H36O4. The number of hydrogen-bond donors (Lipinski definition) is 2. The Balaban J connectivity index is 0. The van der Waals surface area contributed by atoms with Crippen LogP contribution in [0.3, 0.4) is 0 Å². The second-order valence-corrected chi connectivity index (χ2v) is 5.39. The molecule has 0 spiro atoms. The molecule has 2 N–H and O–H groups in total. The van der Waals surface area contributed by atoms with Crippen LogP contribution in [0.15, 0.2) is 35.3 Å². The van der Waals surface area contributed by atoms with Gasteiger partial charge < -0.3 is 14.6 Å². The summed E-state index contributed by atoms with van der Waals surface area (Å²) in [5.74, 6) is 1.73. The number of aromatic hydroxyl groups is 1. The molecule has 4 nitrogen and oxygen atoms in total. The monoisotopic (exact) mass is 400 g/mol. The normalized spacial score (nSPS) is 10.4. The van der Waals surface area contributed by atoms with Crippen molar-refractivity contribution in [2.75, 3.05) is 0 Å². The van der Waals surface area contributed by atoms with E-state index in [1.54, 1.807) is 0 Å². The molecule has 0 aliphatic carbocycles. The number of rotatable bonds is 5. The second-order valence-electron chi connectivity index (χ2n) is 5.39. The summed E-state index contributed by atoms with van der Waals surface area (Å²) in [5, 5.41) is 19.3. The number of phenols is 1. The predicted octanol–water partition coefficient (Wildman–Crippen LogP) is 7.51. The number of carboxylic acid groups (broad SMARTS) is 1. The highest BCUT2D eigenvalue weighted by atomic mass is 16.4. The summed E-state index contributed by atoms with van der Waals surface area (Å²) < 4.78 is 5.69. The lowest BCUT2D eigenvalue weighted by Gasteiger charge is -2.01. The van der Waals surface area contributed by atoms with Crippen molar-refractivity contribution in [3.63, 3.8) is 0 Å². The zero-order valence-corrected chi connectivity index (χ0v) is 19.1. The van der Waals surface area contributed by atoms with E-state index in [4.69, 9.17) is 15.9 Å². The van der Waals surface area contributed by atoms with Crippen molar-refractivity contribution >= 4 is 22.5 Å². The fourth-order valence-corrected chi connectivity index (χ4v) is 2.17. The number of hydrogen-bond acceptors (Lipinski definition) is 3. The summed E-state index contributed by atoms with van der Waals surface area (Å²) in [6.07, 6.45) is 10.4. The van der Waals surface area contributed by atoms with Gasteiger partial charge in [0.2, 0.25) is 0 Å². The maximum absolute atomic E-state index is 11.1. The molecule has 1 aromatic carbocycles. The van der Waals surface area contributed by atoms with E-state index in [9.17, 15) is 9.90 Å². The first kappa shape index (κ1) is 28.3. The van der Waals surface area contributed by atoms with Gasteiger partial charge in [-0.15, -0.1) is 6.42 Å². The van der Waals surface area contributed by atoms with Gasteiger partial charge >= 0.3 is 5.97 Å². The van der Waals surface area contributed by atoms with Crippen LogP contribution in [-0.4, -0.2) is 16.2 Å². The molecular weight excluding hydrogens is 364 g/mol. The lowest BCUT2D eigenvalue weighted by Crippen LogP contribution is -1.96. The Bertz CT molecular complexity index is 848. The number of benzene rings is 1. The van der Waals surface area contributed by atoms with Gasteiger partial charge in [-0.2, -0.15) is 0 Å². The molecule has 0 fully saturated rings. The van der Waals surface area contributed by atoms with Crippen LogP contribution in [0.25, 0.3) is 16.5 Å². The molecule has 1 unspecified atom stereocenters. The highest BCUT2D eigenvalue weighted by Gasteiger charge is 2.19. The molecule has 2 rings (SSSR count). The van der Waals surface area contributed by atoms with E-state index >= 15 is 0 Å². The third kappa shape index (κ3) is 7.54. The minimum Gasteiger partial charge on any atom is -0.507 e. The van der Waals surface area contributed by atoms with Gasteiger partial charge in [0.1, 0.15) is 22.7 Å². The van der Waals surface area contributed by atoms with E-state index in [2.05, 4.69) is 26.3 Å². The second kappa shape index (κ2) is 15.0. The first-order chi connectivity index (χ1) is 13.9. The quantitative estimate of drug-likeness (QED) is 0.402. The van der Waals surface area contributed by atoms with Crippen LogP contribution in [0.5, 0.6) is 5.75 Å². The van der Waals surface area contributed by atoms with Crippen LogP contribution in [0.2, 0.25) is 0 Å². The van der Waals surface area contributed by atoms with Gasteiger partial charge in [-0.25, -0.2) is 4.79 Å². The summed E-state index contributed by atoms with van der Waals surface area (Å²) in [6.45, 7) is 20.1. The third-order valence-corrected chi connectivity index (χ3v) is 3.74. The van der Waals surface area contributed by atoms with E-state index in [1.807, 2.05) is 53.7 Å². The molecule has 0 bridgehead atoms. The average Bonchev–Trinajstić information content (AvgIpc) is 3.12. The zero-order chi connectivity index (χ0) is 23.1. The molecule has 1 aromatic heterocycles. The van der Waals surface area contributed by atoms with Crippen molar-refractivity contribution in [1.29, 1.82) is 0 Å². The van der Waals surface area contributed by atoms with Crippen LogP contribution < -0.4 is 0 Å². The molecule has 4 heteroatoms. The Morgan fingerprint density at radius 3 is 2.24 bits per heavy atom. The molecule has 0 radical (unpaired) electrons. The van der Waals surface area contributed by atoms with Crippen molar-refractivity contribution in [1.82, 2.24) is 0 Å². The standard InChI is InChI=1S/C19H18O4.3C2H6/c1-5-11(3)7-8-12(4)18-13(6-2)14-9-15(19(21)22)16(20)10-17(14)23-18;3*1-2/h2,7-11,20H,4-5H2,1,3H3,(H,21,22);3*1-2H3/b8-7-;;;. The summed E-state index contributed by atoms with van der Waals surface area (Å²) in [4.78, 5) is 11.1. The molecule has 0 saturated heterocycles. The third-order valence-electron chi connectivity index (χ3n) is 3.74. The van der Waals surface area contributed by atoms with Gasteiger partial charge in [-0.05, 0) is 12.0 Å². The summed E-state index contributed by atoms with van der Waals surface area (Å²) >= 11 is 0. The Labute approximate surface area is 175 Å². The first-order valence-corrected chi connectivity index (χ1v) is 10.3. The Hall–Kier alpha value is -2.93. The van der Waals surface area contributed by atoms with E-state index in [-0.39, 0.29) is 11.3 Å². The van der Waals surface area contributed by atoms with E-state index in [1.165, 1.54) is 12.1 Å². The topological polar surface area (TPSA) is 70.7 Å². The van der Waals surface area contributed by atoms with Crippen LogP contribution in [0.1, 0.15) is 83.5 Å². The molecule has 0 aliphatic heterocycles. The minimum absolute atomic E-state index is 0.220. The summed E-state index contributed by atoms with van der Waals surface area (Å²) in [7, 11) is 0. The highest BCUT2D eigenvalue weighted by Crippen LogP contribution is 2.34. The minimum atomic E-state index is -1.23. The van der Waals surface area contributed by atoms with Crippen LogP contribution in [0, 0.1) is 18.3 Å². The fourth-order valence-electron chi connectivity index (χ4n) is 2.17. The fraction of sp³-hybridized carbons (Fsp3) is 0.400. The maximum Gasteiger partial charge on any atom is 0.339 e. The van der Waals surface area contributed by atoms with Crippen molar-refractivity contribution in [3.8, 4) is 18.1 Å². The maximum atomic E-state index is 11.1. The number of fused-ring (bicyclic) bond motifs is 1. The molecule has 160 valence electrons. The molecule has 0 saturated carbocycles. The smallest absolute Gasteiger partial charge is 0.339 e. The molecule has 2 aromatic rings. The number of carboxylic acids is 1. The van der Waals surface area contributed by atoms with Crippen molar-refractivity contribution in [3.05, 3.63) is 47.8 Å². The van der Waals surface area contributed by atoms with Crippen molar-refractivity contribution in [2.24, 2.45) is 5.92 Å². The lowest BCUT2D eigenvalue weighted by atomic mass is 10.0. The van der Waals surface area contributed by atoms with Crippen LogP contribution in [0.4, 0.5) is 0 Å². The Morgan fingerprint density at radius 1 is 1.24 bits per heavy atom. The van der Waals surface area contributed by atoms with E-state index in [0.717, 1.165) is 6.42 Å². The van der Waals surface area contributed by atoms with Crippen LogP contribution >= 0.6 is 0 Å².